The Balaban J connectivity index is 1.74. The summed E-state index contributed by atoms with van der Waals surface area (Å²) in [5.74, 6) is 0.134. The first-order chi connectivity index (χ1) is 17.4. The summed E-state index contributed by atoms with van der Waals surface area (Å²) in [5.41, 5.74) is 3.86. The van der Waals surface area contributed by atoms with Crippen LogP contribution in [0.1, 0.15) is 23.2 Å². The maximum Gasteiger partial charge on any atom is 0.233 e. The van der Waals surface area contributed by atoms with Crippen LogP contribution in [0.4, 0.5) is 4.39 Å². The van der Waals surface area contributed by atoms with Gasteiger partial charge >= 0.3 is 0 Å². The highest BCUT2D eigenvalue weighted by Gasteiger charge is 2.32. The molecular weight excluding hydrogens is 481 g/mol. The number of nitrogens with zero attached hydrogens (tertiary/aromatic N) is 2. The van der Waals surface area contributed by atoms with Gasteiger partial charge in [0.25, 0.3) is 0 Å². The van der Waals surface area contributed by atoms with E-state index >= 15 is 0 Å². The number of nitrogens with one attached hydrogen (secondary N) is 3. The Hall–Kier alpha value is -3.50. The SMILES string of the molecule is CS(=O)(=O)N1CC=C(C2C=CCCN2)C(c2ccc(CNC=O)cn2)=C1NCCc1cccc(F)c1. The third kappa shape index (κ3) is 6.19. The van der Waals surface area contributed by atoms with Gasteiger partial charge in [0, 0.05) is 24.9 Å². The first kappa shape index (κ1) is 25.6. The van der Waals surface area contributed by atoms with Crippen molar-refractivity contribution in [3.05, 3.63) is 94.9 Å². The predicted molar refractivity (Wildman–Crippen MR) is 137 cm³/mol. The summed E-state index contributed by atoms with van der Waals surface area (Å²) >= 11 is 0. The van der Waals surface area contributed by atoms with E-state index in [1.54, 1.807) is 12.3 Å². The van der Waals surface area contributed by atoms with Crippen molar-refractivity contribution >= 4 is 22.0 Å². The molecule has 36 heavy (non-hydrogen) atoms. The van der Waals surface area contributed by atoms with Gasteiger partial charge < -0.3 is 16.0 Å². The van der Waals surface area contributed by atoms with E-state index in [0.717, 1.165) is 29.7 Å². The molecule has 1 aromatic heterocycles. The summed E-state index contributed by atoms with van der Waals surface area (Å²) in [6.07, 6.45) is 11.0. The predicted octanol–water partition coefficient (Wildman–Crippen LogP) is 2.09. The molecule has 8 nitrogen and oxygen atoms in total. The highest BCUT2D eigenvalue weighted by molar-refractivity contribution is 7.88. The first-order valence-corrected chi connectivity index (χ1v) is 13.6. The van der Waals surface area contributed by atoms with E-state index in [4.69, 9.17) is 0 Å². The number of carbonyl (C=O) groups excluding carboxylic acids is 1. The number of pyridine rings is 1. The molecule has 0 saturated heterocycles. The number of aromatic nitrogens is 1. The lowest BCUT2D eigenvalue weighted by molar-refractivity contribution is -0.109. The molecule has 3 heterocycles. The van der Waals surface area contributed by atoms with Gasteiger partial charge in [-0.25, -0.2) is 12.8 Å². The molecule has 0 bridgehead atoms. The van der Waals surface area contributed by atoms with Gasteiger partial charge in [-0.05, 0) is 54.3 Å². The second-order valence-corrected chi connectivity index (χ2v) is 10.6. The number of hydrogen-bond donors (Lipinski definition) is 3. The van der Waals surface area contributed by atoms with E-state index in [0.29, 0.717) is 43.0 Å². The molecule has 2 aromatic rings. The number of sulfonamides is 1. The highest BCUT2D eigenvalue weighted by atomic mass is 32.2. The van der Waals surface area contributed by atoms with Gasteiger partial charge in [0.15, 0.2) is 0 Å². The Labute approximate surface area is 211 Å². The van der Waals surface area contributed by atoms with Gasteiger partial charge in [-0.1, -0.05) is 36.4 Å². The van der Waals surface area contributed by atoms with E-state index in [9.17, 15) is 17.6 Å². The Morgan fingerprint density at radius 2 is 2.11 bits per heavy atom. The third-order valence-corrected chi connectivity index (χ3v) is 7.19. The second kappa shape index (κ2) is 11.5. The smallest absolute Gasteiger partial charge is 0.233 e. The van der Waals surface area contributed by atoms with E-state index in [-0.39, 0.29) is 18.4 Å². The quantitative estimate of drug-likeness (QED) is 0.334. The molecule has 1 atom stereocenters. The molecule has 0 saturated carbocycles. The van der Waals surface area contributed by atoms with Gasteiger partial charge in [-0.2, -0.15) is 0 Å². The van der Waals surface area contributed by atoms with Gasteiger partial charge in [-0.15, -0.1) is 0 Å². The monoisotopic (exact) mass is 511 g/mol. The molecule has 0 aliphatic carbocycles. The summed E-state index contributed by atoms with van der Waals surface area (Å²) in [6, 6.07) is 9.97. The molecule has 0 spiro atoms. The Kier molecular flexibility index (Phi) is 8.17. The fraction of sp³-hybridized carbons (Fsp3) is 0.308. The van der Waals surface area contributed by atoms with E-state index in [2.05, 4.69) is 33.1 Å². The van der Waals surface area contributed by atoms with Crippen LogP contribution >= 0.6 is 0 Å². The van der Waals surface area contributed by atoms with Crippen molar-refractivity contribution in [2.45, 2.75) is 25.4 Å². The molecule has 3 N–H and O–H groups in total. The van der Waals surface area contributed by atoms with Crippen molar-refractivity contribution in [2.24, 2.45) is 0 Å². The average Bonchev–Trinajstić information content (AvgIpc) is 2.87. The van der Waals surface area contributed by atoms with E-state index in [1.807, 2.05) is 24.3 Å². The van der Waals surface area contributed by atoms with Crippen molar-refractivity contribution in [2.75, 3.05) is 25.9 Å². The lowest BCUT2D eigenvalue weighted by atomic mass is 9.91. The topological polar surface area (TPSA) is 103 Å². The van der Waals surface area contributed by atoms with Crippen LogP contribution in [0.2, 0.25) is 0 Å². The van der Waals surface area contributed by atoms with Gasteiger partial charge in [0.1, 0.15) is 11.6 Å². The molecule has 0 fully saturated rings. The zero-order chi connectivity index (χ0) is 25.5. The number of carbonyl (C=O) groups is 1. The minimum Gasteiger partial charge on any atom is -0.370 e. The highest BCUT2D eigenvalue weighted by Crippen LogP contribution is 2.34. The summed E-state index contributed by atoms with van der Waals surface area (Å²) in [4.78, 5) is 15.3. The van der Waals surface area contributed by atoms with Crippen molar-refractivity contribution in [1.29, 1.82) is 0 Å². The Morgan fingerprint density at radius 3 is 2.78 bits per heavy atom. The van der Waals surface area contributed by atoms with E-state index in [1.165, 1.54) is 22.7 Å². The number of benzene rings is 1. The summed E-state index contributed by atoms with van der Waals surface area (Å²) < 4.78 is 40.6. The molecule has 2 aliphatic heterocycles. The maximum absolute atomic E-state index is 13.6. The molecular formula is C26H30FN5O3S. The molecule has 1 unspecified atom stereocenters. The first-order valence-electron chi connectivity index (χ1n) is 11.8. The lowest BCUT2D eigenvalue weighted by Crippen LogP contribution is -2.43. The zero-order valence-corrected chi connectivity index (χ0v) is 20.9. The van der Waals surface area contributed by atoms with Crippen molar-refractivity contribution in [3.8, 4) is 0 Å². The number of amides is 1. The second-order valence-electron chi connectivity index (χ2n) is 8.68. The molecule has 1 amide bonds. The fourth-order valence-corrected chi connectivity index (χ4v) is 5.19. The van der Waals surface area contributed by atoms with Crippen molar-refractivity contribution in [3.63, 3.8) is 0 Å². The molecule has 2 aliphatic rings. The summed E-state index contributed by atoms with van der Waals surface area (Å²) in [6.45, 7) is 1.75. The molecule has 190 valence electrons. The molecule has 10 heteroatoms. The van der Waals surface area contributed by atoms with Crippen LogP contribution in [0.25, 0.3) is 5.57 Å². The normalized spacial score (nSPS) is 18.1. The minimum atomic E-state index is -3.60. The molecule has 0 radical (unpaired) electrons. The van der Waals surface area contributed by atoms with Crippen LogP contribution in [0.15, 0.2) is 72.2 Å². The van der Waals surface area contributed by atoms with Gasteiger partial charge in [0.2, 0.25) is 16.4 Å². The van der Waals surface area contributed by atoms with Crippen LogP contribution < -0.4 is 16.0 Å². The van der Waals surface area contributed by atoms with Crippen LogP contribution in [-0.2, 0) is 27.8 Å². The molecule has 4 rings (SSSR count). The van der Waals surface area contributed by atoms with Crippen LogP contribution in [-0.4, -0.2) is 56.0 Å². The van der Waals surface area contributed by atoms with Crippen LogP contribution in [0, 0.1) is 5.82 Å². The number of halogens is 1. The number of hydrogen-bond acceptors (Lipinski definition) is 6. The Bertz CT molecular complexity index is 1290. The Morgan fingerprint density at radius 1 is 1.25 bits per heavy atom. The van der Waals surface area contributed by atoms with Gasteiger partial charge in [-0.3, -0.25) is 14.1 Å². The van der Waals surface area contributed by atoms with Crippen LogP contribution in [0.3, 0.4) is 0 Å². The average molecular weight is 512 g/mol. The largest absolute Gasteiger partial charge is 0.370 e. The van der Waals surface area contributed by atoms with E-state index < -0.39 is 10.0 Å². The fourth-order valence-electron chi connectivity index (χ4n) is 4.36. The van der Waals surface area contributed by atoms with Crippen molar-refractivity contribution < 1.29 is 17.6 Å². The standard InChI is InChI=1S/C26H30FN5O3S/c1-36(34,35)32-14-11-22(23-7-2-3-12-29-23)25(24-9-8-20(17-31-24)16-28-18-33)26(32)30-13-10-19-5-4-6-21(27)15-19/h2,4-9,11,15,17-18,23,29-30H,3,10,12-14,16H2,1H3,(H,28,33). The zero-order valence-electron chi connectivity index (χ0n) is 20.1. The van der Waals surface area contributed by atoms with Crippen LogP contribution in [0.5, 0.6) is 0 Å². The minimum absolute atomic E-state index is 0.0892. The third-order valence-electron chi connectivity index (χ3n) is 6.06. The maximum atomic E-state index is 13.6. The van der Waals surface area contributed by atoms with Gasteiger partial charge in [0.05, 0.1) is 24.5 Å². The molecule has 1 aromatic carbocycles. The number of rotatable bonds is 10. The lowest BCUT2D eigenvalue weighted by Gasteiger charge is -2.35. The summed E-state index contributed by atoms with van der Waals surface area (Å²) in [5, 5.41) is 9.43. The summed E-state index contributed by atoms with van der Waals surface area (Å²) in [7, 11) is -3.60. The van der Waals surface area contributed by atoms with Crippen molar-refractivity contribution in [1.82, 2.24) is 25.2 Å².